The number of hydrogen-bond donors (Lipinski definition) is 0. The number of thioether (sulfide) groups is 1. The predicted octanol–water partition coefficient (Wildman–Crippen LogP) is 3.68. The van der Waals surface area contributed by atoms with Crippen molar-refractivity contribution in [2.75, 3.05) is 12.3 Å². The second-order valence-electron chi connectivity index (χ2n) is 5.11. The van der Waals surface area contributed by atoms with Crippen LogP contribution in [0, 0.1) is 10.1 Å². The molecule has 0 spiro atoms. The first kappa shape index (κ1) is 17.2. The molecule has 0 saturated carbocycles. The average molecular weight is 385 g/mol. The van der Waals surface area contributed by atoms with Crippen molar-refractivity contribution in [2.45, 2.75) is 10.3 Å². The van der Waals surface area contributed by atoms with Gasteiger partial charge in [0, 0.05) is 29.5 Å². The molecule has 0 N–H and O–H groups in total. The largest absolute Gasteiger partial charge is 0.269 e. The molecule has 1 atom stereocenters. The van der Waals surface area contributed by atoms with Crippen molar-refractivity contribution in [2.24, 2.45) is 0 Å². The topological polar surface area (TPSA) is 80.5 Å². The summed E-state index contributed by atoms with van der Waals surface area (Å²) in [5, 5.41) is 10.8. The van der Waals surface area contributed by atoms with E-state index in [1.54, 1.807) is 12.1 Å². The third-order valence-corrected chi connectivity index (χ3v) is 7.27. The number of rotatable bonds is 4. The lowest BCUT2D eigenvalue weighted by Gasteiger charge is -2.24. The van der Waals surface area contributed by atoms with E-state index >= 15 is 0 Å². The van der Waals surface area contributed by atoms with Gasteiger partial charge >= 0.3 is 0 Å². The van der Waals surface area contributed by atoms with E-state index in [1.807, 2.05) is 12.1 Å². The minimum Gasteiger partial charge on any atom is -0.258 e. The zero-order valence-corrected chi connectivity index (χ0v) is 14.7. The van der Waals surface area contributed by atoms with E-state index in [0.29, 0.717) is 17.3 Å². The van der Waals surface area contributed by atoms with Gasteiger partial charge in [-0.3, -0.25) is 10.1 Å². The lowest BCUT2D eigenvalue weighted by molar-refractivity contribution is -0.384. The Labute approximate surface area is 148 Å². The second-order valence-corrected chi connectivity index (χ2v) is 8.60. The van der Waals surface area contributed by atoms with Gasteiger partial charge in [0.05, 0.1) is 15.2 Å². The van der Waals surface area contributed by atoms with Crippen LogP contribution in [0.2, 0.25) is 5.02 Å². The number of hydrogen-bond acceptors (Lipinski definition) is 5. The van der Waals surface area contributed by atoms with Gasteiger partial charge < -0.3 is 0 Å². The summed E-state index contributed by atoms with van der Waals surface area (Å²) in [6.45, 7) is 0.361. The maximum atomic E-state index is 12.9. The summed E-state index contributed by atoms with van der Waals surface area (Å²) in [7, 11) is -3.76. The molecule has 1 fully saturated rings. The summed E-state index contributed by atoms with van der Waals surface area (Å²) >= 11 is 7.71. The Balaban J connectivity index is 1.96. The van der Waals surface area contributed by atoms with E-state index in [2.05, 4.69) is 0 Å². The number of nitrogens with zero attached hydrogens (tertiary/aromatic N) is 2. The average Bonchev–Trinajstić information content (AvgIpc) is 3.05. The maximum Gasteiger partial charge on any atom is 0.269 e. The molecule has 1 aliphatic rings. The first-order chi connectivity index (χ1) is 11.4. The van der Waals surface area contributed by atoms with E-state index in [9.17, 15) is 18.5 Å². The van der Waals surface area contributed by atoms with Crippen LogP contribution >= 0.6 is 23.4 Å². The number of halogens is 1. The first-order valence-electron chi connectivity index (χ1n) is 7.03. The summed E-state index contributed by atoms with van der Waals surface area (Å²) in [4.78, 5) is 10.2. The number of nitro groups is 1. The van der Waals surface area contributed by atoms with Crippen LogP contribution in [-0.2, 0) is 10.0 Å². The molecule has 0 amide bonds. The number of nitro benzene ring substituents is 1. The lowest BCUT2D eigenvalue weighted by Crippen LogP contribution is -2.30. The highest BCUT2D eigenvalue weighted by atomic mass is 35.5. The molecule has 0 radical (unpaired) electrons. The molecule has 1 heterocycles. The Morgan fingerprint density at radius 2 is 1.83 bits per heavy atom. The molecule has 6 nitrogen and oxygen atoms in total. The quantitative estimate of drug-likeness (QED) is 0.593. The molecular formula is C15H13ClN2O4S2. The van der Waals surface area contributed by atoms with Crippen molar-refractivity contribution >= 4 is 39.1 Å². The van der Waals surface area contributed by atoms with Crippen LogP contribution in [-0.4, -0.2) is 29.9 Å². The van der Waals surface area contributed by atoms with Crippen LogP contribution in [0.25, 0.3) is 0 Å². The van der Waals surface area contributed by atoms with Crippen LogP contribution in [0.15, 0.2) is 53.4 Å². The second kappa shape index (κ2) is 6.72. The molecule has 0 bridgehead atoms. The standard InChI is InChI=1S/C15H13ClN2O4S2/c16-14-4-2-1-3-13(14)15-17(9-10-23-15)24(21,22)12-7-5-11(6-8-12)18(19)20/h1-8,15H,9-10H2/t15-/m0/s1. The van der Waals surface area contributed by atoms with Gasteiger partial charge in [0.15, 0.2) is 0 Å². The van der Waals surface area contributed by atoms with Gasteiger partial charge in [-0.15, -0.1) is 11.8 Å². The highest BCUT2D eigenvalue weighted by Gasteiger charge is 2.37. The van der Waals surface area contributed by atoms with Crippen LogP contribution in [0.5, 0.6) is 0 Å². The van der Waals surface area contributed by atoms with Crippen LogP contribution in [0.3, 0.4) is 0 Å². The predicted molar refractivity (Wildman–Crippen MR) is 93.6 cm³/mol. The summed E-state index contributed by atoms with van der Waals surface area (Å²) in [6.07, 6.45) is 0. The Kier molecular flexibility index (Phi) is 4.82. The monoisotopic (exact) mass is 384 g/mol. The van der Waals surface area contributed by atoms with Crippen molar-refractivity contribution in [1.29, 1.82) is 0 Å². The molecular weight excluding hydrogens is 372 g/mol. The lowest BCUT2D eigenvalue weighted by atomic mass is 10.2. The SMILES string of the molecule is O=[N+]([O-])c1ccc(S(=O)(=O)N2CCS[C@H]2c2ccccc2Cl)cc1. The molecule has 24 heavy (non-hydrogen) atoms. The molecule has 0 aromatic heterocycles. The molecule has 126 valence electrons. The highest BCUT2D eigenvalue weighted by molar-refractivity contribution is 8.01. The third-order valence-electron chi connectivity index (χ3n) is 3.67. The first-order valence-corrected chi connectivity index (χ1v) is 9.90. The number of sulfonamides is 1. The smallest absolute Gasteiger partial charge is 0.258 e. The Morgan fingerprint density at radius 3 is 2.46 bits per heavy atom. The van der Waals surface area contributed by atoms with E-state index in [1.165, 1.54) is 40.3 Å². The normalized spacial score (nSPS) is 18.6. The van der Waals surface area contributed by atoms with Crippen molar-refractivity contribution in [3.8, 4) is 0 Å². The Bertz CT molecular complexity index is 871. The zero-order valence-electron chi connectivity index (χ0n) is 12.3. The van der Waals surface area contributed by atoms with E-state index in [4.69, 9.17) is 11.6 Å². The van der Waals surface area contributed by atoms with E-state index in [-0.39, 0.29) is 10.6 Å². The third kappa shape index (κ3) is 3.14. The minimum absolute atomic E-state index is 0.0349. The van der Waals surface area contributed by atoms with Gasteiger partial charge in [-0.05, 0) is 23.8 Å². The van der Waals surface area contributed by atoms with Crippen molar-refractivity contribution in [3.63, 3.8) is 0 Å². The van der Waals surface area contributed by atoms with Crippen LogP contribution in [0.4, 0.5) is 5.69 Å². The molecule has 1 saturated heterocycles. The summed E-state index contributed by atoms with van der Waals surface area (Å²) < 4.78 is 27.2. The minimum atomic E-state index is -3.76. The van der Waals surface area contributed by atoms with Gasteiger partial charge in [-0.1, -0.05) is 29.8 Å². The number of non-ortho nitro benzene ring substituents is 1. The fraction of sp³-hybridized carbons (Fsp3) is 0.200. The van der Waals surface area contributed by atoms with Crippen LogP contribution < -0.4 is 0 Å². The van der Waals surface area contributed by atoms with E-state index in [0.717, 1.165) is 5.56 Å². The Morgan fingerprint density at radius 1 is 1.17 bits per heavy atom. The maximum absolute atomic E-state index is 12.9. The van der Waals surface area contributed by atoms with Gasteiger partial charge in [0.2, 0.25) is 10.0 Å². The fourth-order valence-electron chi connectivity index (χ4n) is 2.50. The van der Waals surface area contributed by atoms with Crippen molar-refractivity contribution in [3.05, 3.63) is 69.2 Å². The van der Waals surface area contributed by atoms with Gasteiger partial charge in [0.25, 0.3) is 5.69 Å². The highest BCUT2D eigenvalue weighted by Crippen LogP contribution is 2.43. The molecule has 9 heteroatoms. The Hall–Kier alpha value is -1.61. The molecule has 2 aromatic carbocycles. The number of benzene rings is 2. The fourth-order valence-corrected chi connectivity index (χ4v) is 6.07. The van der Waals surface area contributed by atoms with Gasteiger partial charge in [-0.2, -0.15) is 4.31 Å². The van der Waals surface area contributed by atoms with Crippen molar-refractivity contribution < 1.29 is 13.3 Å². The molecule has 1 aliphatic heterocycles. The van der Waals surface area contributed by atoms with Gasteiger partial charge in [0.1, 0.15) is 0 Å². The summed E-state index contributed by atoms with van der Waals surface area (Å²) in [5.74, 6) is 0.655. The van der Waals surface area contributed by atoms with Crippen LogP contribution in [0.1, 0.15) is 10.9 Å². The molecule has 0 unspecified atom stereocenters. The molecule has 3 rings (SSSR count). The van der Waals surface area contributed by atoms with E-state index < -0.39 is 20.3 Å². The molecule has 2 aromatic rings. The van der Waals surface area contributed by atoms with Gasteiger partial charge in [-0.25, -0.2) is 8.42 Å². The zero-order chi connectivity index (χ0) is 17.3. The summed E-state index contributed by atoms with van der Waals surface area (Å²) in [5.41, 5.74) is 0.597. The van der Waals surface area contributed by atoms with Crippen molar-refractivity contribution in [1.82, 2.24) is 4.31 Å². The summed E-state index contributed by atoms with van der Waals surface area (Å²) in [6, 6.07) is 12.1. The molecule has 0 aliphatic carbocycles.